The lowest BCUT2D eigenvalue weighted by molar-refractivity contribution is -0.126. The van der Waals surface area contributed by atoms with Crippen LogP contribution >= 0.6 is 0 Å². The van der Waals surface area contributed by atoms with Crippen LogP contribution in [0.1, 0.15) is 32.6 Å². The number of hydrogen-bond donors (Lipinski definition) is 1. The quantitative estimate of drug-likeness (QED) is 0.824. The van der Waals surface area contributed by atoms with E-state index in [4.69, 9.17) is 4.74 Å². The molecule has 1 N–H and O–H groups in total. The molecule has 2 amide bonds. The van der Waals surface area contributed by atoms with Crippen molar-refractivity contribution in [2.75, 3.05) is 26.2 Å². The summed E-state index contributed by atoms with van der Waals surface area (Å²) >= 11 is 0. The Morgan fingerprint density at radius 2 is 2.11 bits per heavy atom. The number of likely N-dealkylation sites (tertiary alicyclic amines) is 1. The first kappa shape index (κ1) is 13.2. The molecule has 0 unspecified atom stereocenters. The summed E-state index contributed by atoms with van der Waals surface area (Å²) in [5.41, 5.74) is 0. The normalized spacial score (nSPS) is 23.6. The number of rotatable bonds is 4. The molecule has 1 aliphatic carbocycles. The van der Waals surface area contributed by atoms with Crippen LogP contribution < -0.4 is 5.32 Å². The molecule has 5 nitrogen and oxygen atoms in total. The molecule has 0 radical (unpaired) electrons. The molecule has 1 saturated heterocycles. The van der Waals surface area contributed by atoms with Gasteiger partial charge in [0.15, 0.2) is 0 Å². The van der Waals surface area contributed by atoms with Crippen molar-refractivity contribution in [2.24, 2.45) is 11.8 Å². The van der Waals surface area contributed by atoms with E-state index in [1.807, 2.05) is 0 Å². The summed E-state index contributed by atoms with van der Waals surface area (Å²) in [6.45, 7) is 4.17. The lowest BCUT2D eigenvalue weighted by atomic mass is 9.97. The van der Waals surface area contributed by atoms with E-state index in [0.717, 1.165) is 19.4 Å². The predicted molar refractivity (Wildman–Crippen MR) is 67.1 cm³/mol. The van der Waals surface area contributed by atoms with Gasteiger partial charge < -0.3 is 15.0 Å². The summed E-state index contributed by atoms with van der Waals surface area (Å²) in [5, 5.41) is 2.99. The van der Waals surface area contributed by atoms with E-state index < -0.39 is 0 Å². The molecular formula is C13H22N2O3. The molecule has 2 rings (SSSR count). The summed E-state index contributed by atoms with van der Waals surface area (Å²) < 4.78 is 4.97. The van der Waals surface area contributed by atoms with E-state index in [-0.39, 0.29) is 17.9 Å². The molecule has 0 aromatic heterocycles. The third-order valence-electron chi connectivity index (χ3n) is 3.58. The fourth-order valence-electron chi connectivity index (χ4n) is 2.28. The number of carbonyl (C=O) groups excluding carboxylic acids is 2. The summed E-state index contributed by atoms with van der Waals surface area (Å²) in [6.07, 6.45) is 3.92. The summed E-state index contributed by atoms with van der Waals surface area (Å²) in [6, 6.07) is 0. The molecule has 1 atom stereocenters. The third-order valence-corrected chi connectivity index (χ3v) is 3.58. The van der Waals surface area contributed by atoms with Crippen LogP contribution in [-0.4, -0.2) is 43.1 Å². The van der Waals surface area contributed by atoms with E-state index in [1.54, 1.807) is 11.8 Å². The SMILES string of the molecule is CCOC(=O)N1CCC[C@H](C(=O)NCC2CC2)C1. The van der Waals surface area contributed by atoms with Gasteiger partial charge in [-0.25, -0.2) is 4.79 Å². The average Bonchev–Trinajstić information content (AvgIpc) is 3.20. The van der Waals surface area contributed by atoms with Crippen LogP contribution in [0, 0.1) is 11.8 Å². The molecule has 1 aliphatic heterocycles. The minimum Gasteiger partial charge on any atom is -0.450 e. The largest absolute Gasteiger partial charge is 0.450 e. The molecule has 5 heteroatoms. The molecule has 2 fully saturated rings. The third kappa shape index (κ3) is 3.62. The van der Waals surface area contributed by atoms with Gasteiger partial charge in [0.1, 0.15) is 0 Å². The first-order chi connectivity index (χ1) is 8.70. The fraction of sp³-hybridized carbons (Fsp3) is 0.846. The average molecular weight is 254 g/mol. The number of hydrogen-bond acceptors (Lipinski definition) is 3. The van der Waals surface area contributed by atoms with Gasteiger partial charge in [-0.2, -0.15) is 0 Å². The molecule has 0 bridgehead atoms. The van der Waals surface area contributed by atoms with Crippen LogP contribution in [0.2, 0.25) is 0 Å². The second-order valence-electron chi connectivity index (χ2n) is 5.17. The second-order valence-corrected chi connectivity index (χ2v) is 5.17. The van der Waals surface area contributed by atoms with Gasteiger partial charge in [0.2, 0.25) is 5.91 Å². The molecular weight excluding hydrogens is 232 g/mol. The van der Waals surface area contributed by atoms with Gasteiger partial charge in [-0.3, -0.25) is 4.79 Å². The highest BCUT2D eigenvalue weighted by atomic mass is 16.6. The monoisotopic (exact) mass is 254 g/mol. The lowest BCUT2D eigenvalue weighted by Crippen LogP contribution is -2.45. The van der Waals surface area contributed by atoms with E-state index in [0.29, 0.717) is 25.6 Å². The van der Waals surface area contributed by atoms with Crippen molar-refractivity contribution in [3.8, 4) is 0 Å². The predicted octanol–water partition coefficient (Wildman–Crippen LogP) is 1.38. The van der Waals surface area contributed by atoms with Gasteiger partial charge in [0.25, 0.3) is 0 Å². The molecule has 0 aromatic carbocycles. The van der Waals surface area contributed by atoms with E-state index in [9.17, 15) is 9.59 Å². The zero-order valence-electron chi connectivity index (χ0n) is 11.0. The maximum atomic E-state index is 12.0. The molecule has 2 aliphatic rings. The first-order valence-electron chi connectivity index (χ1n) is 6.90. The Morgan fingerprint density at radius 1 is 1.33 bits per heavy atom. The van der Waals surface area contributed by atoms with Crippen molar-refractivity contribution in [2.45, 2.75) is 32.6 Å². The molecule has 1 heterocycles. The van der Waals surface area contributed by atoms with Crippen LogP contribution in [0.3, 0.4) is 0 Å². The van der Waals surface area contributed by atoms with Gasteiger partial charge in [0.05, 0.1) is 12.5 Å². The van der Waals surface area contributed by atoms with E-state index >= 15 is 0 Å². The van der Waals surface area contributed by atoms with Gasteiger partial charge in [-0.15, -0.1) is 0 Å². The van der Waals surface area contributed by atoms with Crippen molar-refractivity contribution >= 4 is 12.0 Å². The van der Waals surface area contributed by atoms with Crippen molar-refractivity contribution < 1.29 is 14.3 Å². The Hall–Kier alpha value is -1.26. The second kappa shape index (κ2) is 6.07. The van der Waals surface area contributed by atoms with Crippen LogP contribution in [-0.2, 0) is 9.53 Å². The number of nitrogens with one attached hydrogen (secondary N) is 1. The van der Waals surface area contributed by atoms with Crippen molar-refractivity contribution in [1.82, 2.24) is 10.2 Å². The topological polar surface area (TPSA) is 58.6 Å². The molecule has 0 aromatic rings. The smallest absolute Gasteiger partial charge is 0.409 e. The van der Waals surface area contributed by atoms with Crippen LogP contribution in [0.15, 0.2) is 0 Å². The Bertz CT molecular complexity index is 315. The standard InChI is InChI=1S/C13H22N2O3/c1-2-18-13(17)15-7-3-4-11(9-15)12(16)14-8-10-5-6-10/h10-11H,2-9H2,1H3,(H,14,16)/t11-/m0/s1. The fourth-order valence-corrected chi connectivity index (χ4v) is 2.28. The summed E-state index contributed by atoms with van der Waals surface area (Å²) in [7, 11) is 0. The maximum Gasteiger partial charge on any atom is 0.409 e. The zero-order valence-corrected chi connectivity index (χ0v) is 11.0. The van der Waals surface area contributed by atoms with Gasteiger partial charge in [-0.1, -0.05) is 0 Å². The number of piperidine rings is 1. The van der Waals surface area contributed by atoms with E-state index in [1.165, 1.54) is 12.8 Å². The Kier molecular flexibility index (Phi) is 4.44. The van der Waals surface area contributed by atoms with Gasteiger partial charge >= 0.3 is 6.09 Å². The number of carbonyl (C=O) groups is 2. The summed E-state index contributed by atoms with van der Waals surface area (Å²) in [5.74, 6) is 0.719. The summed E-state index contributed by atoms with van der Waals surface area (Å²) in [4.78, 5) is 25.2. The van der Waals surface area contributed by atoms with Crippen molar-refractivity contribution in [1.29, 1.82) is 0 Å². The van der Waals surface area contributed by atoms with Crippen LogP contribution in [0.4, 0.5) is 4.79 Å². The minimum atomic E-state index is -0.294. The van der Waals surface area contributed by atoms with Crippen molar-refractivity contribution in [3.05, 3.63) is 0 Å². The van der Waals surface area contributed by atoms with Gasteiger partial charge in [0, 0.05) is 19.6 Å². The highest BCUT2D eigenvalue weighted by molar-refractivity contribution is 5.80. The van der Waals surface area contributed by atoms with Crippen LogP contribution in [0.25, 0.3) is 0 Å². The Labute approximate surface area is 108 Å². The zero-order chi connectivity index (χ0) is 13.0. The molecule has 0 spiro atoms. The highest BCUT2D eigenvalue weighted by Crippen LogP contribution is 2.27. The molecule has 102 valence electrons. The number of nitrogens with zero attached hydrogens (tertiary/aromatic N) is 1. The number of amides is 2. The van der Waals surface area contributed by atoms with Crippen LogP contribution in [0.5, 0.6) is 0 Å². The van der Waals surface area contributed by atoms with E-state index in [2.05, 4.69) is 5.32 Å². The minimum absolute atomic E-state index is 0.0677. The van der Waals surface area contributed by atoms with Crippen molar-refractivity contribution in [3.63, 3.8) is 0 Å². The Morgan fingerprint density at radius 3 is 2.78 bits per heavy atom. The highest BCUT2D eigenvalue weighted by Gasteiger charge is 2.30. The lowest BCUT2D eigenvalue weighted by Gasteiger charge is -2.31. The van der Waals surface area contributed by atoms with Gasteiger partial charge in [-0.05, 0) is 38.5 Å². The Balaban J connectivity index is 1.77. The molecule has 1 saturated carbocycles. The number of ether oxygens (including phenoxy) is 1. The first-order valence-corrected chi connectivity index (χ1v) is 6.90. The molecule has 18 heavy (non-hydrogen) atoms. The maximum absolute atomic E-state index is 12.0.